The van der Waals surface area contributed by atoms with Gasteiger partial charge in [0.25, 0.3) is 0 Å². The highest BCUT2D eigenvalue weighted by Gasteiger charge is 2.45. The number of rotatable bonds is 4. The molecule has 0 amide bonds. The zero-order chi connectivity index (χ0) is 15.3. The van der Waals surface area contributed by atoms with Crippen LogP contribution in [0, 0.1) is 16.7 Å². The van der Waals surface area contributed by atoms with E-state index in [2.05, 4.69) is 30.0 Å². The van der Waals surface area contributed by atoms with Gasteiger partial charge in [-0.25, -0.2) is 0 Å². The van der Waals surface area contributed by atoms with E-state index in [4.69, 9.17) is 4.74 Å². The Bertz CT molecular complexity index is 523. The predicted molar refractivity (Wildman–Crippen MR) is 80.2 cm³/mol. The summed E-state index contributed by atoms with van der Waals surface area (Å²) in [7, 11) is 0. The average molecular weight is 286 g/mol. The number of hydrogen-bond acceptors (Lipinski definition) is 4. The summed E-state index contributed by atoms with van der Waals surface area (Å²) in [4.78, 5) is 14.4. The van der Waals surface area contributed by atoms with Crippen molar-refractivity contribution in [1.29, 1.82) is 5.26 Å². The fraction of sp³-hybridized carbons (Fsp3) is 0.529. The molecule has 112 valence electrons. The molecule has 4 heteroatoms. The summed E-state index contributed by atoms with van der Waals surface area (Å²) in [5.41, 5.74) is 0.285. The van der Waals surface area contributed by atoms with Gasteiger partial charge < -0.3 is 4.74 Å². The summed E-state index contributed by atoms with van der Waals surface area (Å²) in [5.74, 6) is -0.362. The minimum absolute atomic E-state index is 0.183. The van der Waals surface area contributed by atoms with Gasteiger partial charge in [0.2, 0.25) is 0 Å². The number of likely N-dealkylation sites (tertiary alicyclic amines) is 1. The molecule has 4 nitrogen and oxygen atoms in total. The van der Waals surface area contributed by atoms with Crippen molar-refractivity contribution in [2.75, 3.05) is 13.2 Å². The highest BCUT2D eigenvalue weighted by atomic mass is 16.5. The second kappa shape index (κ2) is 6.73. The number of carbonyl (C=O) groups excluding carboxylic acids is 1. The van der Waals surface area contributed by atoms with Crippen LogP contribution in [0.15, 0.2) is 30.3 Å². The largest absolute Gasteiger partial charge is 0.465 e. The molecule has 0 bridgehead atoms. The Balaban J connectivity index is 2.04. The van der Waals surface area contributed by atoms with Crippen LogP contribution in [0.5, 0.6) is 0 Å². The van der Waals surface area contributed by atoms with Crippen molar-refractivity contribution in [2.24, 2.45) is 5.41 Å². The molecule has 0 unspecified atom stereocenters. The minimum Gasteiger partial charge on any atom is -0.465 e. The van der Waals surface area contributed by atoms with Crippen molar-refractivity contribution in [2.45, 2.75) is 39.3 Å². The highest BCUT2D eigenvalue weighted by molar-refractivity contribution is 5.80. The van der Waals surface area contributed by atoms with Crippen molar-refractivity contribution in [3.05, 3.63) is 35.9 Å². The normalized spacial score (nSPS) is 26.0. The zero-order valence-electron chi connectivity index (χ0n) is 12.7. The number of piperidine rings is 1. The van der Waals surface area contributed by atoms with Crippen LogP contribution < -0.4 is 0 Å². The third-order valence-electron chi connectivity index (χ3n) is 4.20. The highest BCUT2D eigenvalue weighted by Crippen LogP contribution is 2.36. The van der Waals surface area contributed by atoms with E-state index in [1.165, 1.54) is 5.56 Å². The van der Waals surface area contributed by atoms with Gasteiger partial charge >= 0.3 is 5.97 Å². The SMILES string of the molecule is CCOC(=O)[C@]1(C#N)CCN(Cc2ccccc2)[C@@H](C)C1. The molecule has 1 aliphatic heterocycles. The molecule has 1 aliphatic rings. The molecule has 0 saturated carbocycles. The van der Waals surface area contributed by atoms with Crippen LogP contribution in [-0.4, -0.2) is 30.1 Å². The van der Waals surface area contributed by atoms with Gasteiger partial charge in [0.1, 0.15) is 0 Å². The molecule has 1 saturated heterocycles. The van der Waals surface area contributed by atoms with Crippen LogP contribution >= 0.6 is 0 Å². The van der Waals surface area contributed by atoms with Gasteiger partial charge in [0, 0.05) is 19.1 Å². The molecular weight excluding hydrogens is 264 g/mol. The number of benzene rings is 1. The van der Waals surface area contributed by atoms with Crippen LogP contribution in [0.4, 0.5) is 0 Å². The van der Waals surface area contributed by atoms with E-state index in [1.54, 1.807) is 6.92 Å². The summed E-state index contributed by atoms with van der Waals surface area (Å²) in [5, 5.41) is 9.46. The first-order valence-electron chi connectivity index (χ1n) is 7.48. The van der Waals surface area contributed by atoms with Gasteiger partial charge in [-0.2, -0.15) is 5.26 Å². The minimum atomic E-state index is -0.970. The molecular formula is C17H22N2O2. The molecule has 21 heavy (non-hydrogen) atoms. The molecule has 2 rings (SSSR count). The van der Waals surface area contributed by atoms with Gasteiger partial charge in [-0.15, -0.1) is 0 Å². The number of ether oxygens (including phenoxy) is 1. The molecule has 0 radical (unpaired) electrons. The molecule has 0 spiro atoms. The maximum absolute atomic E-state index is 12.1. The lowest BCUT2D eigenvalue weighted by molar-refractivity contribution is -0.155. The average Bonchev–Trinajstić information content (AvgIpc) is 2.50. The van der Waals surface area contributed by atoms with Crippen molar-refractivity contribution in [3.8, 4) is 6.07 Å². The van der Waals surface area contributed by atoms with Gasteiger partial charge in [-0.3, -0.25) is 9.69 Å². The second-order valence-electron chi connectivity index (χ2n) is 5.67. The summed E-state index contributed by atoms with van der Waals surface area (Å²) >= 11 is 0. The quantitative estimate of drug-likeness (QED) is 0.799. The first-order chi connectivity index (χ1) is 10.1. The van der Waals surface area contributed by atoms with Crippen LogP contribution in [0.3, 0.4) is 0 Å². The Labute approximate surface area is 126 Å². The molecule has 1 aromatic rings. The Hall–Kier alpha value is -1.86. The predicted octanol–water partition coefficient (Wildman–Crippen LogP) is 2.74. The maximum Gasteiger partial charge on any atom is 0.326 e. The molecule has 2 atom stereocenters. The van der Waals surface area contributed by atoms with Crippen molar-refractivity contribution >= 4 is 5.97 Å². The smallest absolute Gasteiger partial charge is 0.326 e. The summed E-state index contributed by atoms with van der Waals surface area (Å²) in [6, 6.07) is 12.7. The second-order valence-corrected chi connectivity index (χ2v) is 5.67. The van der Waals surface area contributed by atoms with Crippen molar-refractivity contribution < 1.29 is 9.53 Å². The first-order valence-corrected chi connectivity index (χ1v) is 7.48. The topological polar surface area (TPSA) is 53.3 Å². The van der Waals surface area contributed by atoms with Gasteiger partial charge in [0.15, 0.2) is 5.41 Å². The van der Waals surface area contributed by atoms with Gasteiger partial charge in [-0.05, 0) is 32.3 Å². The summed E-state index contributed by atoms with van der Waals surface area (Å²) in [6.45, 7) is 5.77. The maximum atomic E-state index is 12.1. The lowest BCUT2D eigenvalue weighted by Gasteiger charge is -2.40. The van der Waals surface area contributed by atoms with Crippen molar-refractivity contribution in [3.63, 3.8) is 0 Å². The van der Waals surface area contributed by atoms with Gasteiger partial charge in [-0.1, -0.05) is 30.3 Å². The fourth-order valence-corrected chi connectivity index (χ4v) is 2.94. The number of nitrogens with zero attached hydrogens (tertiary/aromatic N) is 2. The van der Waals surface area contributed by atoms with Crippen LogP contribution in [0.1, 0.15) is 32.3 Å². The van der Waals surface area contributed by atoms with E-state index in [0.29, 0.717) is 19.4 Å². The summed E-state index contributed by atoms with van der Waals surface area (Å²) < 4.78 is 5.10. The van der Waals surface area contributed by atoms with E-state index < -0.39 is 5.41 Å². The summed E-state index contributed by atoms with van der Waals surface area (Å²) in [6.07, 6.45) is 1.08. The first kappa shape index (κ1) is 15.5. The molecule has 0 N–H and O–H groups in total. The number of nitriles is 1. The van der Waals surface area contributed by atoms with E-state index in [1.807, 2.05) is 18.2 Å². The number of hydrogen-bond donors (Lipinski definition) is 0. The van der Waals surface area contributed by atoms with Crippen LogP contribution in [0.2, 0.25) is 0 Å². The van der Waals surface area contributed by atoms with E-state index >= 15 is 0 Å². The Morgan fingerprint density at radius 1 is 1.48 bits per heavy atom. The van der Waals surface area contributed by atoms with Crippen LogP contribution in [-0.2, 0) is 16.1 Å². The molecule has 1 heterocycles. The number of carbonyl (C=O) groups is 1. The Morgan fingerprint density at radius 3 is 2.76 bits per heavy atom. The fourth-order valence-electron chi connectivity index (χ4n) is 2.94. The number of esters is 1. The molecule has 0 aliphatic carbocycles. The molecule has 0 aromatic heterocycles. The Morgan fingerprint density at radius 2 is 2.19 bits per heavy atom. The zero-order valence-corrected chi connectivity index (χ0v) is 12.7. The van der Waals surface area contributed by atoms with Gasteiger partial charge in [0.05, 0.1) is 12.7 Å². The van der Waals surface area contributed by atoms with Crippen molar-refractivity contribution in [1.82, 2.24) is 4.90 Å². The van der Waals surface area contributed by atoms with E-state index in [9.17, 15) is 10.1 Å². The Kier molecular flexibility index (Phi) is 4.98. The van der Waals surface area contributed by atoms with E-state index in [0.717, 1.165) is 13.1 Å². The monoisotopic (exact) mass is 286 g/mol. The molecule has 1 fully saturated rings. The molecule has 1 aromatic carbocycles. The standard InChI is InChI=1S/C17H22N2O2/c1-3-21-16(20)17(13-18)9-10-19(14(2)11-17)12-15-7-5-4-6-8-15/h4-8,14H,3,9-12H2,1-2H3/t14-,17+/m0/s1. The van der Waals surface area contributed by atoms with E-state index in [-0.39, 0.29) is 12.0 Å². The third kappa shape index (κ3) is 3.43. The van der Waals surface area contributed by atoms with Crippen LogP contribution in [0.25, 0.3) is 0 Å². The third-order valence-corrected chi connectivity index (χ3v) is 4.20. The lowest BCUT2D eigenvalue weighted by Crippen LogP contribution is -2.48. The lowest BCUT2D eigenvalue weighted by atomic mass is 9.76.